The van der Waals surface area contributed by atoms with Gasteiger partial charge in [0, 0.05) is 10.6 Å². The van der Waals surface area contributed by atoms with Gasteiger partial charge in [-0.2, -0.15) is 0 Å². The van der Waals surface area contributed by atoms with Crippen LogP contribution in [-0.2, 0) is 13.0 Å². The van der Waals surface area contributed by atoms with E-state index in [1.807, 2.05) is 36.4 Å². The minimum atomic E-state index is -0.504. The quantitative estimate of drug-likeness (QED) is 0.487. The monoisotopic (exact) mass is 432 g/mol. The van der Waals surface area contributed by atoms with E-state index in [4.69, 9.17) is 21.1 Å². The second-order valence-corrected chi connectivity index (χ2v) is 8.39. The first-order valence-electron chi connectivity index (χ1n) is 10.6. The molecule has 1 aliphatic rings. The molecule has 1 fully saturated rings. The molecule has 1 atom stereocenters. The molecule has 0 spiro atoms. The van der Waals surface area contributed by atoms with E-state index in [1.165, 1.54) is 10.5 Å². The predicted molar refractivity (Wildman–Crippen MR) is 120 cm³/mol. The highest BCUT2D eigenvalue weighted by atomic mass is 35.5. The van der Waals surface area contributed by atoms with Gasteiger partial charge in [-0.05, 0) is 36.2 Å². The molecule has 1 heterocycles. The zero-order valence-corrected chi connectivity index (χ0v) is 18.5. The third kappa shape index (κ3) is 6.74. The van der Waals surface area contributed by atoms with Crippen LogP contribution in [0.1, 0.15) is 11.1 Å². The van der Waals surface area contributed by atoms with Gasteiger partial charge in [-0.25, -0.2) is 0 Å². The van der Waals surface area contributed by atoms with Crippen molar-refractivity contribution in [3.05, 3.63) is 71.3 Å². The molecule has 0 aromatic heterocycles. The molecule has 0 radical (unpaired) electrons. The first-order valence-corrected chi connectivity index (χ1v) is 11.0. The summed E-state index contributed by atoms with van der Waals surface area (Å²) in [5.74, 6) is 1.35. The molecule has 1 aliphatic heterocycles. The van der Waals surface area contributed by atoms with E-state index in [1.54, 1.807) is 12.0 Å². The third-order valence-electron chi connectivity index (χ3n) is 5.60. The molecule has 0 unspecified atom stereocenters. The molecule has 3 N–H and O–H groups in total. The summed E-state index contributed by atoms with van der Waals surface area (Å²) in [7, 11) is 1.63. The van der Waals surface area contributed by atoms with Crippen LogP contribution in [0.5, 0.6) is 11.5 Å². The summed E-state index contributed by atoms with van der Waals surface area (Å²) in [5.41, 5.74) is 2.44. The number of rotatable bonds is 10. The summed E-state index contributed by atoms with van der Waals surface area (Å²) in [6.45, 7) is 10.1. The molecule has 6 heteroatoms. The van der Waals surface area contributed by atoms with Crippen molar-refractivity contribution in [1.82, 2.24) is 0 Å². The summed E-state index contributed by atoms with van der Waals surface area (Å²) < 4.78 is 11.3. The lowest BCUT2D eigenvalue weighted by molar-refractivity contribution is -1.02. The Bertz CT molecular complexity index is 805. The molecule has 162 valence electrons. The zero-order valence-electron chi connectivity index (χ0n) is 17.7. The van der Waals surface area contributed by atoms with Crippen molar-refractivity contribution >= 4 is 11.6 Å². The molecule has 0 aliphatic carbocycles. The van der Waals surface area contributed by atoms with Crippen molar-refractivity contribution in [3.63, 3.8) is 0 Å². The van der Waals surface area contributed by atoms with Crippen LogP contribution in [0.3, 0.4) is 0 Å². The number of aliphatic hydroxyl groups excluding tert-OH is 1. The molecule has 0 amide bonds. The number of quaternary nitrogens is 2. The van der Waals surface area contributed by atoms with Crippen LogP contribution in [0.15, 0.2) is 55.1 Å². The van der Waals surface area contributed by atoms with E-state index < -0.39 is 6.10 Å². The number of allylic oxidation sites excluding steroid dienone is 1. The largest absolute Gasteiger partial charge is 0.493 e. The van der Waals surface area contributed by atoms with E-state index in [0.717, 1.165) is 49.7 Å². The first kappa shape index (κ1) is 22.6. The van der Waals surface area contributed by atoms with Crippen LogP contribution in [0.25, 0.3) is 0 Å². The predicted octanol–water partition coefficient (Wildman–Crippen LogP) is 0.800. The van der Waals surface area contributed by atoms with Crippen LogP contribution in [0.2, 0.25) is 5.02 Å². The normalized spacial score (nSPS) is 19.8. The number of aliphatic hydroxyl groups is 1. The van der Waals surface area contributed by atoms with E-state index in [2.05, 4.69) is 18.7 Å². The summed E-state index contributed by atoms with van der Waals surface area (Å²) >= 11 is 5.97. The second kappa shape index (κ2) is 11.4. The van der Waals surface area contributed by atoms with Gasteiger partial charge in [0.05, 0.1) is 7.11 Å². The van der Waals surface area contributed by atoms with Gasteiger partial charge in [-0.1, -0.05) is 35.9 Å². The average molecular weight is 433 g/mol. The van der Waals surface area contributed by atoms with Crippen molar-refractivity contribution < 1.29 is 24.4 Å². The number of hydrogen-bond acceptors (Lipinski definition) is 3. The van der Waals surface area contributed by atoms with Crippen molar-refractivity contribution in [2.45, 2.75) is 19.1 Å². The third-order valence-corrected chi connectivity index (χ3v) is 5.85. The number of benzene rings is 2. The van der Waals surface area contributed by atoms with Crippen LogP contribution in [0.4, 0.5) is 0 Å². The molecular formula is C24H33ClN2O3+2. The van der Waals surface area contributed by atoms with Gasteiger partial charge in [0.2, 0.25) is 0 Å². The number of hydrogen-bond donors (Lipinski definition) is 3. The molecule has 0 saturated carbocycles. The maximum atomic E-state index is 10.5. The molecule has 0 bridgehead atoms. The minimum Gasteiger partial charge on any atom is -0.493 e. The van der Waals surface area contributed by atoms with Crippen LogP contribution >= 0.6 is 11.6 Å². The van der Waals surface area contributed by atoms with Gasteiger partial charge >= 0.3 is 0 Å². The number of ether oxygens (including phenoxy) is 2. The highest BCUT2D eigenvalue weighted by Gasteiger charge is 2.25. The van der Waals surface area contributed by atoms with Gasteiger partial charge in [0.1, 0.15) is 52.0 Å². The lowest BCUT2D eigenvalue weighted by Gasteiger charge is -2.30. The zero-order chi connectivity index (χ0) is 21.3. The van der Waals surface area contributed by atoms with E-state index in [-0.39, 0.29) is 6.61 Å². The van der Waals surface area contributed by atoms with E-state index >= 15 is 0 Å². The van der Waals surface area contributed by atoms with E-state index in [9.17, 15) is 5.11 Å². The Morgan fingerprint density at radius 3 is 2.37 bits per heavy atom. The second-order valence-electron chi connectivity index (χ2n) is 7.95. The lowest BCUT2D eigenvalue weighted by atomic mass is 10.1. The van der Waals surface area contributed by atoms with Gasteiger partial charge in [0.25, 0.3) is 0 Å². The topological polar surface area (TPSA) is 47.6 Å². The van der Waals surface area contributed by atoms with Gasteiger partial charge in [0.15, 0.2) is 11.5 Å². The molecular weight excluding hydrogens is 400 g/mol. The molecule has 30 heavy (non-hydrogen) atoms. The Morgan fingerprint density at radius 1 is 1.03 bits per heavy atom. The maximum Gasteiger partial charge on any atom is 0.161 e. The van der Waals surface area contributed by atoms with Crippen molar-refractivity contribution in [3.8, 4) is 11.5 Å². The molecule has 3 rings (SSSR count). The fraction of sp³-hybridized carbons (Fsp3) is 0.417. The summed E-state index contributed by atoms with van der Waals surface area (Å²) in [6, 6.07) is 14.0. The Morgan fingerprint density at radius 2 is 1.70 bits per heavy atom. The fourth-order valence-corrected chi connectivity index (χ4v) is 4.06. The summed E-state index contributed by atoms with van der Waals surface area (Å²) in [5, 5.41) is 11.3. The van der Waals surface area contributed by atoms with Crippen LogP contribution in [0, 0.1) is 0 Å². The Kier molecular flexibility index (Phi) is 8.58. The number of nitrogens with one attached hydrogen (secondary N) is 2. The number of piperazine rings is 1. The van der Waals surface area contributed by atoms with Crippen molar-refractivity contribution in [2.75, 3.05) is 46.4 Å². The van der Waals surface area contributed by atoms with Crippen molar-refractivity contribution in [1.29, 1.82) is 0 Å². The van der Waals surface area contributed by atoms with Gasteiger partial charge in [-0.15, -0.1) is 6.58 Å². The number of halogens is 1. The molecule has 2 aromatic rings. The standard InChI is InChI=1S/C24H31ClN2O3/c1-3-4-19-7-10-23(24(15-19)29-2)30-18-22(28)17-27-13-11-26(12-14-27)16-20-5-8-21(25)9-6-20/h3,5-10,15,22,28H,1,4,11-14,16-18H2,2H3/p+2/t22-/m1/s1. The highest BCUT2D eigenvalue weighted by molar-refractivity contribution is 6.30. The van der Waals surface area contributed by atoms with Crippen LogP contribution in [-0.4, -0.2) is 57.7 Å². The Hall–Kier alpha value is -2.05. The molecule has 1 saturated heterocycles. The number of methoxy groups -OCH3 is 1. The minimum absolute atomic E-state index is 0.266. The summed E-state index contributed by atoms with van der Waals surface area (Å²) in [4.78, 5) is 3.01. The Balaban J connectivity index is 1.41. The van der Waals surface area contributed by atoms with E-state index in [0.29, 0.717) is 18.0 Å². The molecule has 5 nitrogen and oxygen atoms in total. The molecule has 2 aromatic carbocycles. The summed E-state index contributed by atoms with van der Waals surface area (Å²) in [6.07, 6.45) is 2.14. The SMILES string of the molecule is C=CCc1ccc(OC[C@H](O)C[NH+]2CC[NH+](Cc3ccc(Cl)cc3)CC2)c(OC)c1. The van der Waals surface area contributed by atoms with Crippen molar-refractivity contribution in [2.24, 2.45) is 0 Å². The lowest BCUT2D eigenvalue weighted by Crippen LogP contribution is -3.28. The fourth-order valence-electron chi connectivity index (χ4n) is 3.93. The first-order chi connectivity index (χ1) is 14.6. The smallest absolute Gasteiger partial charge is 0.161 e. The average Bonchev–Trinajstić information content (AvgIpc) is 2.76. The Labute approximate surface area is 184 Å². The maximum absolute atomic E-state index is 10.5. The van der Waals surface area contributed by atoms with Gasteiger partial charge < -0.3 is 24.4 Å². The van der Waals surface area contributed by atoms with Crippen LogP contribution < -0.4 is 19.3 Å². The highest BCUT2D eigenvalue weighted by Crippen LogP contribution is 2.28. The van der Waals surface area contributed by atoms with Gasteiger partial charge in [-0.3, -0.25) is 0 Å².